The third-order valence-corrected chi connectivity index (χ3v) is 4.84. The van der Waals surface area contributed by atoms with Crippen LogP contribution >= 0.6 is 0 Å². The van der Waals surface area contributed by atoms with Gasteiger partial charge in [-0.1, -0.05) is 20.3 Å². The molecule has 1 aliphatic rings. The number of hydrogen-bond acceptors (Lipinski definition) is 3. The molecule has 3 heteroatoms. The number of nitrogens with zero attached hydrogens (tertiary/aromatic N) is 2. The van der Waals surface area contributed by atoms with E-state index in [2.05, 4.69) is 44.8 Å². The van der Waals surface area contributed by atoms with Gasteiger partial charge in [0, 0.05) is 25.2 Å². The van der Waals surface area contributed by atoms with Gasteiger partial charge in [0.25, 0.3) is 0 Å². The van der Waals surface area contributed by atoms with Crippen LogP contribution in [0.25, 0.3) is 0 Å². The molecule has 0 aromatic heterocycles. The van der Waals surface area contributed by atoms with Crippen LogP contribution in [0.5, 0.6) is 0 Å². The molecule has 1 unspecified atom stereocenters. The van der Waals surface area contributed by atoms with Gasteiger partial charge in [0.1, 0.15) is 0 Å². The minimum absolute atomic E-state index is 0.240. The van der Waals surface area contributed by atoms with Crippen LogP contribution in [0.3, 0.4) is 0 Å². The normalized spacial score (nSPS) is 28.7. The molecule has 18 heavy (non-hydrogen) atoms. The highest BCUT2D eigenvalue weighted by atomic mass is 15.2. The Morgan fingerprint density at radius 1 is 0.944 bits per heavy atom. The van der Waals surface area contributed by atoms with Gasteiger partial charge in [-0.3, -0.25) is 4.90 Å². The first-order valence-corrected chi connectivity index (χ1v) is 7.37. The summed E-state index contributed by atoms with van der Waals surface area (Å²) in [5.74, 6) is 0. The molecule has 1 fully saturated rings. The van der Waals surface area contributed by atoms with Gasteiger partial charge in [-0.25, -0.2) is 0 Å². The van der Waals surface area contributed by atoms with E-state index >= 15 is 0 Å². The SMILES string of the molecule is CN(C)CCN(C)C1(CN)CCCC(C)(C)CC1. The van der Waals surface area contributed by atoms with E-state index in [9.17, 15) is 0 Å². The van der Waals surface area contributed by atoms with E-state index in [0.717, 1.165) is 19.6 Å². The van der Waals surface area contributed by atoms with Gasteiger partial charge >= 0.3 is 0 Å². The van der Waals surface area contributed by atoms with Crippen LogP contribution in [0.4, 0.5) is 0 Å². The molecule has 3 nitrogen and oxygen atoms in total. The van der Waals surface area contributed by atoms with E-state index < -0.39 is 0 Å². The Kier molecular flexibility index (Phi) is 5.63. The molecular weight excluding hydrogens is 222 g/mol. The Balaban J connectivity index is 2.66. The van der Waals surface area contributed by atoms with Crippen molar-refractivity contribution in [2.75, 3.05) is 40.8 Å². The van der Waals surface area contributed by atoms with E-state index in [0.29, 0.717) is 5.41 Å². The molecule has 0 bridgehead atoms. The van der Waals surface area contributed by atoms with Crippen LogP contribution in [0.2, 0.25) is 0 Å². The molecule has 1 rings (SSSR count). The summed E-state index contributed by atoms with van der Waals surface area (Å²) in [6.45, 7) is 7.83. The predicted molar refractivity (Wildman–Crippen MR) is 79.8 cm³/mol. The van der Waals surface area contributed by atoms with Crippen molar-refractivity contribution in [2.24, 2.45) is 11.1 Å². The van der Waals surface area contributed by atoms with E-state index in [-0.39, 0.29) is 5.54 Å². The predicted octanol–water partition coefficient (Wildman–Crippen LogP) is 2.17. The third-order valence-electron chi connectivity index (χ3n) is 4.84. The van der Waals surface area contributed by atoms with Gasteiger partial charge in [0.15, 0.2) is 0 Å². The van der Waals surface area contributed by atoms with Gasteiger partial charge in [0.05, 0.1) is 0 Å². The molecular formula is C15H33N3. The van der Waals surface area contributed by atoms with Crippen molar-refractivity contribution in [3.63, 3.8) is 0 Å². The number of nitrogens with two attached hydrogens (primary N) is 1. The molecule has 0 aromatic rings. The average Bonchev–Trinajstić information content (AvgIpc) is 2.45. The van der Waals surface area contributed by atoms with Crippen LogP contribution in [-0.2, 0) is 0 Å². The maximum Gasteiger partial charge on any atom is 0.0329 e. The lowest BCUT2D eigenvalue weighted by molar-refractivity contribution is 0.0958. The van der Waals surface area contributed by atoms with E-state index in [4.69, 9.17) is 5.73 Å². The molecule has 0 aromatic carbocycles. The Morgan fingerprint density at radius 2 is 1.61 bits per heavy atom. The Hall–Kier alpha value is -0.120. The van der Waals surface area contributed by atoms with Crippen LogP contribution in [0, 0.1) is 5.41 Å². The lowest BCUT2D eigenvalue weighted by Crippen LogP contribution is -2.53. The minimum Gasteiger partial charge on any atom is -0.329 e. The van der Waals surface area contributed by atoms with Gasteiger partial charge < -0.3 is 10.6 Å². The second-order valence-electron chi connectivity index (χ2n) is 7.17. The Bertz CT molecular complexity index is 250. The maximum absolute atomic E-state index is 6.15. The van der Waals surface area contributed by atoms with Crippen LogP contribution in [0.15, 0.2) is 0 Å². The highest BCUT2D eigenvalue weighted by molar-refractivity contribution is 4.94. The summed E-state index contributed by atoms with van der Waals surface area (Å²) in [7, 11) is 6.53. The molecule has 1 aliphatic carbocycles. The smallest absolute Gasteiger partial charge is 0.0329 e. The molecule has 0 radical (unpaired) electrons. The fraction of sp³-hybridized carbons (Fsp3) is 1.00. The fourth-order valence-electron chi connectivity index (χ4n) is 3.05. The first kappa shape index (κ1) is 15.9. The van der Waals surface area contributed by atoms with Crippen molar-refractivity contribution in [1.29, 1.82) is 0 Å². The van der Waals surface area contributed by atoms with Gasteiger partial charge in [-0.05, 0) is 52.2 Å². The first-order chi connectivity index (χ1) is 8.31. The van der Waals surface area contributed by atoms with Crippen LogP contribution in [0.1, 0.15) is 46.0 Å². The summed E-state index contributed by atoms with van der Waals surface area (Å²) in [5, 5.41) is 0. The summed E-state index contributed by atoms with van der Waals surface area (Å²) in [5.41, 5.74) is 6.89. The molecule has 0 spiro atoms. The van der Waals surface area contributed by atoms with Crippen LogP contribution < -0.4 is 5.73 Å². The standard InChI is InChI=1S/C15H33N3/c1-14(2)7-6-8-15(13-16,10-9-14)18(5)12-11-17(3)4/h6-13,16H2,1-5H3. The second kappa shape index (κ2) is 6.36. The number of likely N-dealkylation sites (N-methyl/N-ethyl adjacent to an activating group) is 2. The highest BCUT2D eigenvalue weighted by Crippen LogP contribution is 2.39. The number of hydrogen-bond donors (Lipinski definition) is 1. The largest absolute Gasteiger partial charge is 0.329 e. The average molecular weight is 255 g/mol. The van der Waals surface area contributed by atoms with Crippen molar-refractivity contribution < 1.29 is 0 Å². The quantitative estimate of drug-likeness (QED) is 0.764. The zero-order valence-electron chi connectivity index (χ0n) is 13.1. The van der Waals surface area contributed by atoms with Gasteiger partial charge in [-0.15, -0.1) is 0 Å². The van der Waals surface area contributed by atoms with Crippen molar-refractivity contribution in [3.05, 3.63) is 0 Å². The fourth-order valence-corrected chi connectivity index (χ4v) is 3.05. The molecule has 0 heterocycles. The minimum atomic E-state index is 0.240. The van der Waals surface area contributed by atoms with Gasteiger partial charge in [-0.2, -0.15) is 0 Å². The molecule has 0 aliphatic heterocycles. The Labute approximate surface area is 114 Å². The van der Waals surface area contributed by atoms with E-state index in [1.54, 1.807) is 0 Å². The summed E-state index contributed by atoms with van der Waals surface area (Å²) in [6.07, 6.45) is 6.47. The van der Waals surface area contributed by atoms with Gasteiger partial charge in [0.2, 0.25) is 0 Å². The highest BCUT2D eigenvalue weighted by Gasteiger charge is 2.37. The van der Waals surface area contributed by atoms with Crippen molar-refractivity contribution >= 4 is 0 Å². The lowest BCUT2D eigenvalue weighted by Gasteiger charge is -2.41. The van der Waals surface area contributed by atoms with E-state index in [1.807, 2.05) is 0 Å². The van der Waals surface area contributed by atoms with Crippen LogP contribution in [-0.4, -0.2) is 56.1 Å². The molecule has 0 saturated heterocycles. The maximum atomic E-state index is 6.15. The molecule has 0 amide bonds. The monoisotopic (exact) mass is 255 g/mol. The van der Waals surface area contributed by atoms with Crippen molar-refractivity contribution in [2.45, 2.75) is 51.5 Å². The summed E-state index contributed by atoms with van der Waals surface area (Å²) in [6, 6.07) is 0. The first-order valence-electron chi connectivity index (χ1n) is 7.37. The lowest BCUT2D eigenvalue weighted by atomic mass is 9.83. The topological polar surface area (TPSA) is 32.5 Å². The summed E-state index contributed by atoms with van der Waals surface area (Å²) in [4.78, 5) is 4.77. The van der Waals surface area contributed by atoms with E-state index in [1.165, 1.54) is 32.1 Å². The summed E-state index contributed by atoms with van der Waals surface area (Å²) >= 11 is 0. The zero-order valence-corrected chi connectivity index (χ0v) is 13.1. The zero-order chi connectivity index (χ0) is 13.8. The molecule has 1 atom stereocenters. The molecule has 108 valence electrons. The third kappa shape index (κ3) is 4.22. The van der Waals surface area contributed by atoms with Crippen molar-refractivity contribution in [3.8, 4) is 0 Å². The second-order valence-corrected chi connectivity index (χ2v) is 7.17. The summed E-state index contributed by atoms with van der Waals surface area (Å²) < 4.78 is 0. The molecule has 2 N–H and O–H groups in total. The number of rotatable bonds is 5. The molecule has 1 saturated carbocycles. The van der Waals surface area contributed by atoms with Crippen molar-refractivity contribution in [1.82, 2.24) is 9.80 Å². The Morgan fingerprint density at radius 3 is 2.17 bits per heavy atom.